The molecule has 1 aromatic heterocycles. The molecule has 0 saturated carbocycles. The van der Waals surface area contributed by atoms with Crippen LogP contribution in [0.25, 0.3) is 0 Å². The number of aromatic nitrogens is 3. The van der Waals surface area contributed by atoms with Gasteiger partial charge < -0.3 is 14.5 Å². The van der Waals surface area contributed by atoms with Crippen molar-refractivity contribution in [2.75, 3.05) is 32.4 Å². The van der Waals surface area contributed by atoms with E-state index in [9.17, 15) is 18.0 Å². The Balaban J connectivity index is 1.60. The van der Waals surface area contributed by atoms with Crippen molar-refractivity contribution < 1.29 is 22.7 Å². The van der Waals surface area contributed by atoms with Crippen LogP contribution in [0.3, 0.4) is 0 Å². The number of carbonyl (C=O) groups is 2. The van der Waals surface area contributed by atoms with Gasteiger partial charge in [0.25, 0.3) is 5.91 Å². The molecule has 1 saturated heterocycles. The molecule has 1 aromatic carbocycles. The molecule has 0 bridgehead atoms. The molecule has 0 spiro atoms. The van der Waals surface area contributed by atoms with E-state index < -0.39 is 9.84 Å². The van der Waals surface area contributed by atoms with Gasteiger partial charge in [-0.25, -0.2) is 17.9 Å². The van der Waals surface area contributed by atoms with Crippen LogP contribution in [0.4, 0.5) is 4.79 Å². The van der Waals surface area contributed by atoms with Gasteiger partial charge in [-0.3, -0.25) is 4.79 Å². The van der Waals surface area contributed by atoms with Crippen LogP contribution in [0.1, 0.15) is 29.9 Å². The number of carbonyl (C=O) groups excluding carboxylic acids is 2. The molecule has 3 rings (SSSR count). The van der Waals surface area contributed by atoms with Crippen LogP contribution in [0.15, 0.2) is 35.4 Å². The normalized spacial score (nSPS) is 14.8. The zero-order valence-corrected chi connectivity index (χ0v) is 18.0. The maximum atomic E-state index is 12.7. The fourth-order valence-corrected chi connectivity index (χ4v) is 3.76. The molecule has 1 fully saturated rings. The van der Waals surface area contributed by atoms with Gasteiger partial charge in [-0.2, -0.15) is 0 Å². The van der Waals surface area contributed by atoms with Crippen LogP contribution in [0.5, 0.6) is 0 Å². The second kappa shape index (κ2) is 8.82. The molecule has 0 radical (unpaired) electrons. The summed E-state index contributed by atoms with van der Waals surface area (Å²) < 4.78 is 30.1. The lowest BCUT2D eigenvalue weighted by Crippen LogP contribution is -2.51. The summed E-state index contributed by atoms with van der Waals surface area (Å²) in [5, 5.41) is 7.93. The second-order valence-electron chi connectivity index (χ2n) is 7.43. The van der Waals surface area contributed by atoms with Crippen LogP contribution < -0.4 is 0 Å². The summed E-state index contributed by atoms with van der Waals surface area (Å²) in [7, 11) is -3.30. The highest BCUT2D eigenvalue weighted by Gasteiger charge is 2.27. The molecule has 30 heavy (non-hydrogen) atoms. The van der Waals surface area contributed by atoms with E-state index in [4.69, 9.17) is 4.74 Å². The highest BCUT2D eigenvalue weighted by molar-refractivity contribution is 7.90. The van der Waals surface area contributed by atoms with Crippen LogP contribution >= 0.6 is 0 Å². The Kier molecular flexibility index (Phi) is 6.40. The van der Waals surface area contributed by atoms with E-state index in [2.05, 4.69) is 10.3 Å². The van der Waals surface area contributed by atoms with Gasteiger partial charge in [0.1, 0.15) is 0 Å². The van der Waals surface area contributed by atoms with Gasteiger partial charge in [-0.15, -0.1) is 5.10 Å². The third kappa shape index (κ3) is 5.35. The molecular formula is C19H25N5O5S. The summed E-state index contributed by atoms with van der Waals surface area (Å²) in [5.74, 6) is -0.261. The van der Waals surface area contributed by atoms with Crippen molar-refractivity contribution >= 4 is 21.8 Å². The molecule has 2 amide bonds. The largest absolute Gasteiger partial charge is 0.447 e. The summed E-state index contributed by atoms with van der Waals surface area (Å²) in [6.45, 7) is 5.42. The molecule has 1 aliphatic heterocycles. The Hall–Kier alpha value is -2.95. The van der Waals surface area contributed by atoms with Crippen LogP contribution in [-0.2, 0) is 21.1 Å². The van der Waals surface area contributed by atoms with Crippen molar-refractivity contribution in [2.24, 2.45) is 0 Å². The molecule has 0 atom stereocenters. The molecular weight excluding hydrogens is 410 g/mol. The first-order valence-electron chi connectivity index (χ1n) is 9.57. The number of sulfone groups is 1. The zero-order valence-electron chi connectivity index (χ0n) is 17.2. The van der Waals surface area contributed by atoms with E-state index in [-0.39, 0.29) is 28.7 Å². The van der Waals surface area contributed by atoms with E-state index in [0.717, 1.165) is 11.8 Å². The Morgan fingerprint density at radius 2 is 1.80 bits per heavy atom. The average molecular weight is 436 g/mol. The topological polar surface area (TPSA) is 115 Å². The van der Waals surface area contributed by atoms with Gasteiger partial charge in [0.05, 0.1) is 23.7 Å². The molecule has 10 nitrogen and oxygen atoms in total. The molecule has 0 unspecified atom stereocenters. The molecule has 2 heterocycles. The number of piperazine rings is 1. The molecule has 0 N–H and O–H groups in total. The van der Waals surface area contributed by atoms with Crippen LogP contribution in [0, 0.1) is 0 Å². The van der Waals surface area contributed by atoms with Crippen molar-refractivity contribution in [2.45, 2.75) is 31.4 Å². The minimum Gasteiger partial charge on any atom is -0.447 e. The Bertz CT molecular complexity index is 1030. The van der Waals surface area contributed by atoms with Crippen molar-refractivity contribution in [3.63, 3.8) is 0 Å². The maximum Gasteiger partial charge on any atom is 0.410 e. The summed E-state index contributed by atoms with van der Waals surface area (Å²) in [6.07, 6.45) is 2.12. The lowest BCUT2D eigenvalue weighted by Gasteiger charge is -2.34. The number of hydrogen-bond donors (Lipinski definition) is 0. The van der Waals surface area contributed by atoms with E-state index >= 15 is 0 Å². The first kappa shape index (κ1) is 21.8. The maximum absolute atomic E-state index is 12.7. The highest BCUT2D eigenvalue weighted by Crippen LogP contribution is 2.13. The van der Waals surface area contributed by atoms with Crippen LogP contribution in [0.2, 0.25) is 0 Å². The minimum absolute atomic E-state index is 0.190. The minimum atomic E-state index is -3.30. The molecule has 0 aliphatic carbocycles. The SMILES string of the molecule is CC(C)OC(=O)N1CCN(C(=O)c2cn(Cc3cccc(S(C)(=O)=O)c3)nn2)CC1. The predicted octanol–water partition coefficient (Wildman–Crippen LogP) is 1.03. The van der Waals surface area contributed by atoms with Gasteiger partial charge in [0.15, 0.2) is 15.5 Å². The van der Waals surface area contributed by atoms with Crippen molar-refractivity contribution in [3.05, 3.63) is 41.7 Å². The lowest BCUT2D eigenvalue weighted by molar-refractivity contribution is 0.0473. The number of hydrogen-bond acceptors (Lipinski definition) is 7. The van der Waals surface area contributed by atoms with E-state index in [0.29, 0.717) is 32.7 Å². The van der Waals surface area contributed by atoms with Gasteiger partial charge in [0, 0.05) is 32.4 Å². The first-order valence-corrected chi connectivity index (χ1v) is 11.5. The average Bonchev–Trinajstić information content (AvgIpc) is 3.15. The third-order valence-electron chi connectivity index (χ3n) is 4.59. The number of benzene rings is 1. The van der Waals surface area contributed by atoms with Gasteiger partial charge in [0.2, 0.25) is 0 Å². The Morgan fingerprint density at radius 3 is 2.43 bits per heavy atom. The van der Waals surface area contributed by atoms with Crippen molar-refractivity contribution in [1.29, 1.82) is 0 Å². The lowest BCUT2D eigenvalue weighted by atomic mass is 10.2. The third-order valence-corrected chi connectivity index (χ3v) is 5.70. The van der Waals surface area contributed by atoms with E-state index in [1.807, 2.05) is 0 Å². The zero-order chi connectivity index (χ0) is 21.9. The quantitative estimate of drug-likeness (QED) is 0.689. The van der Waals surface area contributed by atoms with Gasteiger partial charge >= 0.3 is 6.09 Å². The van der Waals surface area contributed by atoms with Gasteiger partial charge in [-0.1, -0.05) is 17.3 Å². The first-order chi connectivity index (χ1) is 14.1. The molecule has 162 valence electrons. The van der Waals surface area contributed by atoms with Crippen LogP contribution in [-0.4, -0.2) is 83.8 Å². The summed E-state index contributed by atoms with van der Waals surface area (Å²) in [4.78, 5) is 28.1. The second-order valence-corrected chi connectivity index (χ2v) is 9.45. The fourth-order valence-electron chi connectivity index (χ4n) is 3.07. The number of rotatable bonds is 5. The fraction of sp³-hybridized carbons (Fsp3) is 0.474. The number of amides is 2. The molecule has 11 heteroatoms. The Morgan fingerprint density at radius 1 is 1.13 bits per heavy atom. The highest BCUT2D eigenvalue weighted by atomic mass is 32.2. The summed E-state index contributed by atoms with van der Waals surface area (Å²) in [6, 6.07) is 6.56. The van der Waals surface area contributed by atoms with Gasteiger partial charge in [-0.05, 0) is 31.5 Å². The monoisotopic (exact) mass is 435 g/mol. The number of nitrogens with zero attached hydrogens (tertiary/aromatic N) is 5. The Labute approximate surface area is 175 Å². The molecule has 2 aromatic rings. The predicted molar refractivity (Wildman–Crippen MR) is 108 cm³/mol. The van der Waals surface area contributed by atoms with E-state index in [1.54, 1.807) is 41.8 Å². The summed E-state index contributed by atoms with van der Waals surface area (Å²) >= 11 is 0. The van der Waals surface area contributed by atoms with E-state index in [1.165, 1.54) is 16.9 Å². The van der Waals surface area contributed by atoms with Crippen molar-refractivity contribution in [3.8, 4) is 0 Å². The molecule has 1 aliphatic rings. The summed E-state index contributed by atoms with van der Waals surface area (Å²) in [5.41, 5.74) is 0.937. The van der Waals surface area contributed by atoms with Crippen molar-refractivity contribution in [1.82, 2.24) is 24.8 Å². The number of ether oxygens (including phenoxy) is 1. The smallest absolute Gasteiger partial charge is 0.410 e. The standard InChI is InChI=1S/C19H25N5O5S/c1-14(2)29-19(26)23-9-7-22(8-10-23)18(25)17-13-24(21-20-17)12-15-5-4-6-16(11-15)30(3,27)28/h4-6,11,13-14H,7-10,12H2,1-3H3.